The van der Waals surface area contributed by atoms with Crippen molar-refractivity contribution in [2.75, 3.05) is 6.54 Å². The van der Waals surface area contributed by atoms with Crippen LogP contribution in [0.4, 0.5) is 0 Å². The van der Waals surface area contributed by atoms with E-state index in [1.54, 1.807) is 0 Å². The number of fused-ring (bicyclic) bond motifs is 1. The van der Waals surface area contributed by atoms with E-state index in [-0.39, 0.29) is 5.91 Å². The Morgan fingerprint density at radius 2 is 2.16 bits per heavy atom. The number of aryl methyl sites for hydroxylation is 1. The van der Waals surface area contributed by atoms with Crippen LogP contribution in [-0.4, -0.2) is 22.6 Å². The van der Waals surface area contributed by atoms with E-state index in [9.17, 15) is 4.79 Å². The number of nitrogens with zero attached hydrogens (tertiary/aromatic N) is 1. The number of carbonyl (C=O) groups is 1. The topological polar surface area (TPSA) is 60.0 Å². The van der Waals surface area contributed by atoms with Crippen molar-refractivity contribution in [3.05, 3.63) is 36.0 Å². The van der Waals surface area contributed by atoms with E-state index in [4.69, 9.17) is 5.73 Å². The number of para-hydroxylation sites is 1. The monoisotopic (exact) mass is 257 g/mol. The summed E-state index contributed by atoms with van der Waals surface area (Å²) in [6.45, 7) is 0.645. The minimum absolute atomic E-state index is 0.00673. The van der Waals surface area contributed by atoms with Crippen molar-refractivity contribution in [2.24, 2.45) is 12.8 Å². The van der Waals surface area contributed by atoms with Gasteiger partial charge in [0.1, 0.15) is 0 Å². The first kappa shape index (κ1) is 12.2. The van der Waals surface area contributed by atoms with Crippen molar-refractivity contribution in [3.8, 4) is 0 Å². The Bertz CT molecular complexity index is 625. The second-order valence-electron chi connectivity index (χ2n) is 5.44. The zero-order chi connectivity index (χ0) is 13.5. The third kappa shape index (κ3) is 2.24. The first-order chi connectivity index (χ1) is 9.10. The highest BCUT2D eigenvalue weighted by Gasteiger charge is 2.45. The van der Waals surface area contributed by atoms with Gasteiger partial charge in [-0.15, -0.1) is 0 Å². The summed E-state index contributed by atoms with van der Waals surface area (Å²) in [6.07, 6.45) is 4.59. The fraction of sp³-hybridized carbons (Fsp3) is 0.400. The Morgan fingerprint density at radius 1 is 1.42 bits per heavy atom. The van der Waals surface area contributed by atoms with Gasteiger partial charge in [-0.25, -0.2) is 0 Å². The molecule has 0 unspecified atom stereocenters. The zero-order valence-electron chi connectivity index (χ0n) is 11.1. The number of nitrogens with one attached hydrogen (secondary N) is 1. The highest BCUT2D eigenvalue weighted by molar-refractivity contribution is 5.89. The zero-order valence-corrected chi connectivity index (χ0v) is 11.1. The van der Waals surface area contributed by atoms with Gasteiger partial charge in [0.15, 0.2) is 0 Å². The van der Waals surface area contributed by atoms with Gasteiger partial charge in [-0.1, -0.05) is 18.2 Å². The van der Waals surface area contributed by atoms with Crippen molar-refractivity contribution >= 4 is 16.8 Å². The van der Waals surface area contributed by atoms with E-state index in [2.05, 4.69) is 28.2 Å². The number of hydrogen-bond acceptors (Lipinski definition) is 2. The minimum Gasteiger partial charge on any atom is -0.354 e. The molecule has 19 heavy (non-hydrogen) atoms. The normalized spacial score (nSPS) is 16.5. The van der Waals surface area contributed by atoms with E-state index < -0.39 is 5.54 Å². The standard InChI is InChI=1S/C15H19N3O/c1-18-10-11(12-4-2-3-5-13(12)18)6-9-17-14(19)15(16)7-8-15/h2-5,10H,6-9,16H2,1H3,(H,17,19). The lowest BCUT2D eigenvalue weighted by molar-refractivity contribution is -0.123. The molecular formula is C15H19N3O. The Kier molecular flexibility index (Phi) is 2.82. The molecule has 0 radical (unpaired) electrons. The van der Waals surface area contributed by atoms with Crippen molar-refractivity contribution < 1.29 is 4.79 Å². The van der Waals surface area contributed by atoms with E-state index in [0.29, 0.717) is 6.54 Å². The first-order valence-electron chi connectivity index (χ1n) is 6.70. The second-order valence-corrected chi connectivity index (χ2v) is 5.44. The molecule has 4 nitrogen and oxygen atoms in total. The molecule has 1 aromatic carbocycles. The maximum atomic E-state index is 11.7. The van der Waals surface area contributed by atoms with Crippen molar-refractivity contribution in [2.45, 2.75) is 24.8 Å². The number of nitrogens with two attached hydrogens (primary N) is 1. The van der Waals surface area contributed by atoms with Crippen LogP contribution in [0.15, 0.2) is 30.5 Å². The fourth-order valence-corrected chi connectivity index (χ4v) is 2.47. The van der Waals surface area contributed by atoms with Crippen molar-refractivity contribution in [3.63, 3.8) is 0 Å². The summed E-state index contributed by atoms with van der Waals surface area (Å²) in [5.74, 6) is -0.00673. The third-order valence-corrected chi connectivity index (χ3v) is 3.90. The molecule has 0 bridgehead atoms. The van der Waals surface area contributed by atoms with Crippen LogP contribution < -0.4 is 11.1 Å². The van der Waals surface area contributed by atoms with Crippen LogP contribution in [0.25, 0.3) is 10.9 Å². The highest BCUT2D eigenvalue weighted by atomic mass is 16.2. The molecule has 0 aliphatic heterocycles. The molecule has 1 aromatic heterocycles. The van der Waals surface area contributed by atoms with Crippen LogP contribution in [0, 0.1) is 0 Å². The number of carbonyl (C=O) groups excluding carboxylic acids is 1. The van der Waals surface area contributed by atoms with Crippen LogP contribution >= 0.6 is 0 Å². The molecular weight excluding hydrogens is 238 g/mol. The molecule has 0 saturated heterocycles. The van der Waals surface area contributed by atoms with Gasteiger partial charge in [-0.3, -0.25) is 4.79 Å². The number of aromatic nitrogens is 1. The number of hydrogen-bond donors (Lipinski definition) is 2. The van der Waals surface area contributed by atoms with Gasteiger partial charge in [0, 0.05) is 30.7 Å². The van der Waals surface area contributed by atoms with Crippen LogP contribution in [0.3, 0.4) is 0 Å². The largest absolute Gasteiger partial charge is 0.354 e. The molecule has 1 amide bonds. The Morgan fingerprint density at radius 3 is 2.89 bits per heavy atom. The van der Waals surface area contributed by atoms with E-state index in [1.807, 2.05) is 19.2 Å². The second kappa shape index (κ2) is 4.38. The van der Waals surface area contributed by atoms with Gasteiger partial charge in [-0.2, -0.15) is 0 Å². The SMILES string of the molecule is Cn1cc(CCNC(=O)C2(N)CC2)c2ccccc21. The maximum absolute atomic E-state index is 11.7. The smallest absolute Gasteiger partial charge is 0.240 e. The molecule has 0 spiro atoms. The van der Waals surface area contributed by atoms with Crippen LogP contribution in [-0.2, 0) is 18.3 Å². The summed E-state index contributed by atoms with van der Waals surface area (Å²) >= 11 is 0. The molecule has 1 heterocycles. The first-order valence-corrected chi connectivity index (χ1v) is 6.70. The molecule has 4 heteroatoms. The lowest BCUT2D eigenvalue weighted by Crippen LogP contribution is -2.43. The molecule has 1 aliphatic rings. The summed E-state index contributed by atoms with van der Waals surface area (Å²) in [5.41, 5.74) is 7.76. The van der Waals surface area contributed by atoms with E-state index in [1.165, 1.54) is 16.5 Å². The average molecular weight is 257 g/mol. The predicted molar refractivity (Wildman–Crippen MR) is 75.8 cm³/mol. The Balaban J connectivity index is 1.67. The van der Waals surface area contributed by atoms with Gasteiger partial charge in [0.2, 0.25) is 5.91 Å². The van der Waals surface area contributed by atoms with Crippen molar-refractivity contribution in [1.82, 2.24) is 9.88 Å². The average Bonchev–Trinajstić information content (AvgIpc) is 3.09. The quantitative estimate of drug-likeness (QED) is 0.868. The minimum atomic E-state index is -0.571. The molecule has 100 valence electrons. The number of benzene rings is 1. The lowest BCUT2D eigenvalue weighted by atomic mass is 10.1. The van der Waals surface area contributed by atoms with Gasteiger partial charge < -0.3 is 15.6 Å². The molecule has 1 aliphatic carbocycles. The molecule has 2 aromatic rings. The summed E-state index contributed by atoms with van der Waals surface area (Å²) in [6, 6.07) is 8.32. The van der Waals surface area contributed by atoms with Crippen LogP contribution in [0.1, 0.15) is 18.4 Å². The third-order valence-electron chi connectivity index (χ3n) is 3.90. The van der Waals surface area contributed by atoms with Gasteiger partial charge in [0.05, 0.1) is 5.54 Å². The van der Waals surface area contributed by atoms with E-state index >= 15 is 0 Å². The lowest BCUT2D eigenvalue weighted by Gasteiger charge is -2.09. The highest BCUT2D eigenvalue weighted by Crippen LogP contribution is 2.32. The molecule has 3 N–H and O–H groups in total. The summed E-state index contributed by atoms with van der Waals surface area (Å²) in [7, 11) is 2.05. The molecule has 3 rings (SSSR count). The van der Waals surface area contributed by atoms with Gasteiger partial charge in [-0.05, 0) is 30.9 Å². The number of rotatable bonds is 4. The molecule has 1 saturated carbocycles. The maximum Gasteiger partial charge on any atom is 0.240 e. The van der Waals surface area contributed by atoms with Crippen molar-refractivity contribution in [1.29, 1.82) is 0 Å². The van der Waals surface area contributed by atoms with Gasteiger partial charge >= 0.3 is 0 Å². The van der Waals surface area contributed by atoms with E-state index in [0.717, 1.165) is 19.3 Å². The van der Waals surface area contributed by atoms with Crippen LogP contribution in [0.2, 0.25) is 0 Å². The summed E-state index contributed by atoms with van der Waals surface area (Å²) in [4.78, 5) is 11.7. The number of amides is 1. The Labute approximate surface area is 112 Å². The molecule has 0 atom stereocenters. The predicted octanol–water partition coefficient (Wildman–Crippen LogP) is 1.33. The summed E-state index contributed by atoms with van der Waals surface area (Å²) in [5, 5.41) is 4.19. The van der Waals surface area contributed by atoms with Gasteiger partial charge in [0.25, 0.3) is 0 Å². The van der Waals surface area contributed by atoms with Crippen LogP contribution in [0.5, 0.6) is 0 Å². The summed E-state index contributed by atoms with van der Waals surface area (Å²) < 4.78 is 2.12. The Hall–Kier alpha value is -1.81. The molecule has 1 fully saturated rings. The fourth-order valence-electron chi connectivity index (χ4n) is 2.47.